The zero-order chi connectivity index (χ0) is 29.3. The lowest BCUT2D eigenvalue weighted by Crippen LogP contribution is -2.47. The summed E-state index contributed by atoms with van der Waals surface area (Å²) in [5.41, 5.74) is 3.62. The van der Waals surface area contributed by atoms with E-state index in [-0.39, 0.29) is 11.8 Å². The smallest absolute Gasteiger partial charge is 0.255 e. The number of morpholine rings is 1. The van der Waals surface area contributed by atoms with E-state index in [1.54, 1.807) is 25.3 Å². The first kappa shape index (κ1) is 29.9. The Hall–Kier alpha value is -3.60. The third-order valence-corrected chi connectivity index (χ3v) is 8.22. The number of hydrogen-bond acceptors (Lipinski definition) is 7. The molecule has 2 N–H and O–H groups in total. The van der Waals surface area contributed by atoms with E-state index in [9.17, 15) is 9.59 Å². The van der Waals surface area contributed by atoms with Crippen LogP contribution in [-0.2, 0) is 4.74 Å². The van der Waals surface area contributed by atoms with Gasteiger partial charge in [0, 0.05) is 67.2 Å². The minimum atomic E-state index is -0.224. The van der Waals surface area contributed by atoms with Gasteiger partial charge in [-0.3, -0.25) is 14.5 Å². The van der Waals surface area contributed by atoms with Crippen LogP contribution >= 0.6 is 15.9 Å². The van der Waals surface area contributed by atoms with Crippen LogP contribution in [0.1, 0.15) is 27.1 Å². The number of carbonyl (C=O) groups excluding carboxylic acids is 2. The molecule has 0 bridgehead atoms. The molecule has 0 saturated carbocycles. The maximum Gasteiger partial charge on any atom is 0.255 e. The summed E-state index contributed by atoms with van der Waals surface area (Å²) in [6.07, 6.45) is 0.860. The molecule has 2 aliphatic heterocycles. The van der Waals surface area contributed by atoms with Crippen molar-refractivity contribution in [1.29, 1.82) is 0 Å². The molecule has 0 aromatic heterocycles. The van der Waals surface area contributed by atoms with Crippen LogP contribution in [-0.4, -0.2) is 89.4 Å². The molecule has 2 saturated heterocycles. The SMILES string of the molecule is COc1ccccc1N1CCN(c2ccc(NC(=O)c3ccc(Br)cc3)cc2C(=O)NCCCN2CCOCC2)CC1. The number of hydrogen-bond donors (Lipinski definition) is 2. The van der Waals surface area contributed by atoms with Gasteiger partial charge in [0.25, 0.3) is 11.8 Å². The van der Waals surface area contributed by atoms with Crippen LogP contribution in [0.4, 0.5) is 17.1 Å². The van der Waals surface area contributed by atoms with Gasteiger partial charge >= 0.3 is 0 Å². The summed E-state index contributed by atoms with van der Waals surface area (Å²) in [7, 11) is 1.69. The number of halogens is 1. The van der Waals surface area contributed by atoms with Crippen LogP contribution in [0, 0.1) is 0 Å². The molecule has 222 valence electrons. The molecule has 0 atom stereocenters. The summed E-state index contributed by atoms with van der Waals surface area (Å²) in [5, 5.41) is 6.08. The number of methoxy groups -OCH3 is 1. The predicted molar refractivity (Wildman–Crippen MR) is 170 cm³/mol. The lowest BCUT2D eigenvalue weighted by atomic mass is 10.1. The van der Waals surface area contributed by atoms with Gasteiger partial charge in [0.1, 0.15) is 5.75 Å². The largest absolute Gasteiger partial charge is 0.495 e. The summed E-state index contributed by atoms with van der Waals surface area (Å²) in [6.45, 7) is 7.97. The fourth-order valence-corrected chi connectivity index (χ4v) is 5.64. The number of ether oxygens (including phenoxy) is 2. The molecule has 2 aliphatic rings. The number of carbonyl (C=O) groups is 2. The Morgan fingerprint density at radius 1 is 0.857 bits per heavy atom. The van der Waals surface area contributed by atoms with Gasteiger partial charge in [-0.1, -0.05) is 28.1 Å². The maximum atomic E-state index is 13.6. The van der Waals surface area contributed by atoms with E-state index in [1.165, 1.54) is 0 Å². The van der Waals surface area contributed by atoms with Gasteiger partial charge in [-0.25, -0.2) is 0 Å². The highest BCUT2D eigenvalue weighted by Gasteiger charge is 2.24. The highest BCUT2D eigenvalue weighted by atomic mass is 79.9. The average molecular weight is 637 g/mol. The second-order valence-corrected chi connectivity index (χ2v) is 11.3. The molecule has 0 unspecified atom stereocenters. The third-order valence-electron chi connectivity index (χ3n) is 7.69. The van der Waals surface area contributed by atoms with Crippen LogP contribution in [0.3, 0.4) is 0 Å². The topological polar surface area (TPSA) is 86.4 Å². The molecule has 2 heterocycles. The van der Waals surface area contributed by atoms with E-state index < -0.39 is 0 Å². The maximum absolute atomic E-state index is 13.6. The predicted octanol–water partition coefficient (Wildman–Crippen LogP) is 4.49. The van der Waals surface area contributed by atoms with Gasteiger partial charge in [0.15, 0.2) is 0 Å². The molecule has 9 nitrogen and oxygen atoms in total. The molecule has 0 radical (unpaired) electrons. The van der Waals surface area contributed by atoms with Crippen molar-refractivity contribution in [3.8, 4) is 5.75 Å². The van der Waals surface area contributed by atoms with Crippen molar-refractivity contribution < 1.29 is 19.1 Å². The zero-order valence-electron chi connectivity index (χ0n) is 24.0. The van der Waals surface area contributed by atoms with E-state index in [2.05, 4.69) is 47.3 Å². The minimum absolute atomic E-state index is 0.140. The first-order valence-corrected chi connectivity index (χ1v) is 15.2. The fourth-order valence-electron chi connectivity index (χ4n) is 5.38. The van der Waals surface area contributed by atoms with Crippen molar-refractivity contribution >= 4 is 44.8 Å². The molecule has 0 spiro atoms. The van der Waals surface area contributed by atoms with Crippen LogP contribution < -0.4 is 25.2 Å². The molecule has 5 rings (SSSR count). The number of nitrogens with one attached hydrogen (secondary N) is 2. The standard InChI is InChI=1S/C32H38BrN5O4/c1-41-30-6-3-2-5-29(30)38-17-15-37(16-18-38)28-12-11-26(35-31(39)24-7-9-25(33)10-8-24)23-27(28)32(40)34-13-4-14-36-19-21-42-22-20-36/h2-3,5-12,23H,4,13-22H2,1H3,(H,34,40)(H,35,39). The number of anilines is 3. The van der Waals surface area contributed by atoms with Crippen LogP contribution in [0.5, 0.6) is 5.75 Å². The molecule has 0 aliphatic carbocycles. The monoisotopic (exact) mass is 635 g/mol. The van der Waals surface area contributed by atoms with Crippen LogP contribution in [0.15, 0.2) is 71.2 Å². The Bertz CT molecular complexity index is 1360. The molecule has 2 amide bonds. The highest BCUT2D eigenvalue weighted by molar-refractivity contribution is 9.10. The zero-order valence-corrected chi connectivity index (χ0v) is 25.6. The summed E-state index contributed by atoms with van der Waals surface area (Å²) >= 11 is 3.41. The van der Waals surface area contributed by atoms with E-state index in [0.29, 0.717) is 23.4 Å². The first-order valence-electron chi connectivity index (χ1n) is 14.4. The van der Waals surface area contributed by atoms with Gasteiger partial charge in [0.05, 0.1) is 31.6 Å². The molecular formula is C32H38BrN5O4. The summed E-state index contributed by atoms with van der Waals surface area (Å²) < 4.78 is 11.9. The van der Waals surface area contributed by atoms with Gasteiger partial charge in [-0.15, -0.1) is 0 Å². The Morgan fingerprint density at radius 3 is 2.26 bits per heavy atom. The molecule has 3 aromatic rings. The van der Waals surface area contributed by atoms with E-state index in [4.69, 9.17) is 9.47 Å². The van der Waals surface area contributed by atoms with Gasteiger partial charge in [-0.2, -0.15) is 0 Å². The van der Waals surface area contributed by atoms with E-state index in [0.717, 1.165) is 87.0 Å². The Labute approximate surface area is 255 Å². The van der Waals surface area contributed by atoms with Crippen LogP contribution in [0.2, 0.25) is 0 Å². The molecule has 3 aromatic carbocycles. The summed E-state index contributed by atoms with van der Waals surface area (Å²) in [5.74, 6) is 0.491. The quantitative estimate of drug-likeness (QED) is 0.318. The van der Waals surface area contributed by atoms with E-state index in [1.807, 2.05) is 42.5 Å². The number of amides is 2. The van der Waals surface area contributed by atoms with E-state index >= 15 is 0 Å². The van der Waals surface area contributed by atoms with Crippen molar-refractivity contribution in [2.75, 3.05) is 87.8 Å². The fraction of sp³-hybridized carbons (Fsp3) is 0.375. The number of benzene rings is 3. The van der Waals surface area contributed by atoms with Gasteiger partial charge < -0.3 is 29.9 Å². The Kier molecular flexibility index (Phi) is 10.3. The second-order valence-electron chi connectivity index (χ2n) is 10.4. The molecule has 10 heteroatoms. The van der Waals surface area contributed by atoms with Crippen molar-refractivity contribution in [2.45, 2.75) is 6.42 Å². The number of para-hydroxylation sites is 2. The molecule has 2 fully saturated rings. The van der Waals surface area contributed by atoms with Crippen molar-refractivity contribution in [3.63, 3.8) is 0 Å². The Balaban J connectivity index is 1.29. The normalized spacial score (nSPS) is 15.8. The van der Waals surface area contributed by atoms with Crippen LogP contribution in [0.25, 0.3) is 0 Å². The van der Waals surface area contributed by atoms with Gasteiger partial charge in [0.2, 0.25) is 0 Å². The third kappa shape index (κ3) is 7.61. The first-order chi connectivity index (χ1) is 20.5. The average Bonchev–Trinajstić information content (AvgIpc) is 3.04. The second kappa shape index (κ2) is 14.5. The number of nitrogens with zero attached hydrogens (tertiary/aromatic N) is 3. The number of rotatable bonds is 10. The van der Waals surface area contributed by atoms with Crippen molar-refractivity contribution in [2.24, 2.45) is 0 Å². The summed E-state index contributed by atoms with van der Waals surface area (Å²) in [6, 6.07) is 20.8. The van der Waals surface area contributed by atoms with Crippen molar-refractivity contribution in [3.05, 3.63) is 82.3 Å². The number of piperazine rings is 1. The summed E-state index contributed by atoms with van der Waals surface area (Å²) in [4.78, 5) is 33.4. The lowest BCUT2D eigenvalue weighted by molar-refractivity contribution is 0.0374. The van der Waals surface area contributed by atoms with Gasteiger partial charge in [-0.05, 0) is 67.6 Å². The molecule has 42 heavy (non-hydrogen) atoms. The lowest BCUT2D eigenvalue weighted by Gasteiger charge is -2.38. The van der Waals surface area contributed by atoms with Crippen molar-refractivity contribution in [1.82, 2.24) is 10.2 Å². The highest BCUT2D eigenvalue weighted by Crippen LogP contribution is 2.31. The molecular weight excluding hydrogens is 598 g/mol. The Morgan fingerprint density at radius 2 is 1.55 bits per heavy atom. The minimum Gasteiger partial charge on any atom is -0.495 e.